The Morgan fingerprint density at radius 1 is 0.421 bits per heavy atom. The van der Waals surface area contributed by atoms with E-state index < -0.39 is 0 Å². The summed E-state index contributed by atoms with van der Waals surface area (Å²) in [6.45, 7) is 0. The van der Waals surface area contributed by atoms with E-state index in [-0.39, 0.29) is 0 Å². The Hall–Kier alpha value is -4.59. The molecular formula is C36H24ClN. The van der Waals surface area contributed by atoms with Crippen LogP contribution in [0.25, 0.3) is 43.4 Å². The van der Waals surface area contributed by atoms with Crippen molar-refractivity contribution in [2.24, 2.45) is 0 Å². The summed E-state index contributed by atoms with van der Waals surface area (Å²) in [6.07, 6.45) is 0. The Morgan fingerprint density at radius 2 is 1.11 bits per heavy atom. The van der Waals surface area contributed by atoms with Gasteiger partial charge in [-0.2, -0.15) is 0 Å². The normalized spacial score (nSPS) is 11.3. The number of halogens is 1. The molecule has 0 amide bonds. The van der Waals surface area contributed by atoms with Crippen LogP contribution in [-0.4, -0.2) is 0 Å². The van der Waals surface area contributed by atoms with Crippen molar-refractivity contribution < 1.29 is 0 Å². The van der Waals surface area contributed by atoms with E-state index in [1.807, 2.05) is 12.1 Å². The maximum Gasteiger partial charge on any atom is 0.0540 e. The maximum atomic E-state index is 6.55. The zero-order valence-electron chi connectivity index (χ0n) is 20.7. The molecule has 0 N–H and O–H groups in total. The molecule has 0 saturated carbocycles. The van der Waals surface area contributed by atoms with Crippen molar-refractivity contribution in [1.29, 1.82) is 0 Å². The Bertz CT molecular complexity index is 1940. The molecule has 0 unspecified atom stereocenters. The van der Waals surface area contributed by atoms with Crippen LogP contribution in [0.5, 0.6) is 0 Å². The highest BCUT2D eigenvalue weighted by molar-refractivity contribution is 6.36. The van der Waals surface area contributed by atoms with Gasteiger partial charge in [0.2, 0.25) is 0 Å². The number of para-hydroxylation sites is 1. The first-order valence-corrected chi connectivity index (χ1v) is 13.2. The number of anilines is 3. The van der Waals surface area contributed by atoms with Gasteiger partial charge >= 0.3 is 0 Å². The Kier molecular flexibility index (Phi) is 5.57. The molecule has 0 aliphatic heterocycles. The van der Waals surface area contributed by atoms with Crippen LogP contribution < -0.4 is 4.90 Å². The van der Waals surface area contributed by atoms with Gasteiger partial charge < -0.3 is 4.90 Å². The first-order valence-electron chi connectivity index (χ1n) is 12.8. The molecule has 0 fully saturated rings. The van der Waals surface area contributed by atoms with Crippen LogP contribution >= 0.6 is 11.6 Å². The third-order valence-electron chi connectivity index (χ3n) is 7.30. The minimum Gasteiger partial charge on any atom is -0.310 e. The van der Waals surface area contributed by atoms with Crippen molar-refractivity contribution in [2.45, 2.75) is 0 Å². The molecule has 0 spiro atoms. The van der Waals surface area contributed by atoms with Gasteiger partial charge in [-0.1, -0.05) is 121 Å². The average Bonchev–Trinajstić information content (AvgIpc) is 2.98. The van der Waals surface area contributed by atoms with Gasteiger partial charge in [0.25, 0.3) is 0 Å². The number of rotatable bonds is 4. The van der Waals surface area contributed by atoms with Gasteiger partial charge in [0.15, 0.2) is 0 Å². The minimum atomic E-state index is 0.773. The van der Waals surface area contributed by atoms with E-state index >= 15 is 0 Å². The van der Waals surface area contributed by atoms with Crippen molar-refractivity contribution in [1.82, 2.24) is 0 Å². The summed E-state index contributed by atoms with van der Waals surface area (Å²) in [5.74, 6) is 0. The molecule has 0 radical (unpaired) electrons. The van der Waals surface area contributed by atoms with Crippen molar-refractivity contribution in [3.8, 4) is 11.1 Å². The topological polar surface area (TPSA) is 3.24 Å². The number of nitrogens with zero attached hydrogens (tertiary/aromatic N) is 1. The van der Waals surface area contributed by atoms with E-state index in [2.05, 4.69) is 138 Å². The quantitative estimate of drug-likeness (QED) is 0.215. The van der Waals surface area contributed by atoms with Gasteiger partial charge in [-0.3, -0.25) is 0 Å². The summed E-state index contributed by atoms with van der Waals surface area (Å²) >= 11 is 6.55. The molecule has 0 aliphatic carbocycles. The van der Waals surface area contributed by atoms with Crippen LogP contribution in [0.1, 0.15) is 0 Å². The highest BCUT2D eigenvalue weighted by atomic mass is 35.5. The molecule has 7 aromatic carbocycles. The molecule has 1 nitrogen and oxygen atoms in total. The van der Waals surface area contributed by atoms with E-state index in [1.165, 1.54) is 27.1 Å². The van der Waals surface area contributed by atoms with Gasteiger partial charge in [-0.15, -0.1) is 0 Å². The molecule has 0 bridgehead atoms. The molecule has 2 heteroatoms. The monoisotopic (exact) mass is 505 g/mol. The first-order chi connectivity index (χ1) is 18.8. The minimum absolute atomic E-state index is 0.773. The second-order valence-electron chi connectivity index (χ2n) is 9.52. The summed E-state index contributed by atoms with van der Waals surface area (Å²) < 4.78 is 0. The van der Waals surface area contributed by atoms with E-state index in [0.717, 1.165) is 38.4 Å². The predicted molar refractivity (Wildman–Crippen MR) is 164 cm³/mol. The highest BCUT2D eigenvalue weighted by Crippen LogP contribution is 2.42. The van der Waals surface area contributed by atoms with Crippen LogP contribution in [-0.2, 0) is 0 Å². The Labute approximate surface area is 227 Å². The summed E-state index contributed by atoms with van der Waals surface area (Å²) in [7, 11) is 0. The second-order valence-corrected chi connectivity index (χ2v) is 9.93. The van der Waals surface area contributed by atoms with E-state index in [1.54, 1.807) is 0 Å². The largest absolute Gasteiger partial charge is 0.310 e. The molecule has 0 aliphatic rings. The van der Waals surface area contributed by atoms with Crippen LogP contribution in [0.4, 0.5) is 17.1 Å². The van der Waals surface area contributed by atoms with Gasteiger partial charge in [-0.05, 0) is 69.1 Å². The molecular weight excluding hydrogens is 482 g/mol. The predicted octanol–water partition coefficient (Wildman–Crippen LogP) is 10.9. The van der Waals surface area contributed by atoms with Crippen molar-refractivity contribution in [2.75, 3.05) is 4.90 Å². The van der Waals surface area contributed by atoms with Gasteiger partial charge in [0.05, 0.1) is 5.69 Å². The van der Waals surface area contributed by atoms with Gasteiger partial charge in [0.1, 0.15) is 0 Å². The van der Waals surface area contributed by atoms with Gasteiger partial charge in [-0.25, -0.2) is 0 Å². The van der Waals surface area contributed by atoms with Crippen molar-refractivity contribution in [3.05, 3.63) is 151 Å². The molecule has 0 heterocycles. The van der Waals surface area contributed by atoms with Crippen molar-refractivity contribution >= 4 is 61.0 Å². The lowest BCUT2D eigenvalue weighted by Crippen LogP contribution is -2.10. The lowest BCUT2D eigenvalue weighted by molar-refractivity contribution is 1.30. The van der Waals surface area contributed by atoms with E-state index in [0.29, 0.717) is 0 Å². The number of benzene rings is 7. The standard InChI is InChI=1S/C36H24ClN/c37-35-20-8-17-31-30(16-7-19-33(31)35)26-11-6-14-28(24-26)38(27-12-2-1-3-13-27)36-21-9-18-32-29-15-5-4-10-25(29)22-23-34(32)36/h1-24H. The lowest BCUT2D eigenvalue weighted by atomic mass is 9.97. The number of fused-ring (bicyclic) bond motifs is 4. The molecule has 7 aromatic rings. The van der Waals surface area contributed by atoms with Crippen LogP contribution in [0.2, 0.25) is 5.02 Å². The highest BCUT2D eigenvalue weighted by Gasteiger charge is 2.17. The molecule has 0 saturated heterocycles. The number of hydrogen-bond acceptors (Lipinski definition) is 1. The van der Waals surface area contributed by atoms with Gasteiger partial charge in [0, 0.05) is 27.2 Å². The second kappa shape index (κ2) is 9.37. The number of hydrogen-bond donors (Lipinski definition) is 0. The molecule has 0 atom stereocenters. The summed E-state index contributed by atoms with van der Waals surface area (Å²) in [4.78, 5) is 2.36. The summed E-state index contributed by atoms with van der Waals surface area (Å²) in [6, 6.07) is 51.5. The zero-order valence-corrected chi connectivity index (χ0v) is 21.4. The average molecular weight is 506 g/mol. The molecule has 7 rings (SSSR count). The van der Waals surface area contributed by atoms with E-state index in [4.69, 9.17) is 11.6 Å². The van der Waals surface area contributed by atoms with Crippen LogP contribution in [0.15, 0.2) is 146 Å². The first kappa shape index (κ1) is 22.6. The van der Waals surface area contributed by atoms with Crippen LogP contribution in [0, 0.1) is 0 Å². The third-order valence-corrected chi connectivity index (χ3v) is 7.63. The molecule has 180 valence electrons. The van der Waals surface area contributed by atoms with Crippen molar-refractivity contribution in [3.63, 3.8) is 0 Å². The zero-order chi connectivity index (χ0) is 25.5. The van der Waals surface area contributed by atoms with E-state index in [9.17, 15) is 0 Å². The smallest absolute Gasteiger partial charge is 0.0540 e. The van der Waals surface area contributed by atoms with Crippen LogP contribution in [0.3, 0.4) is 0 Å². The maximum absolute atomic E-state index is 6.55. The molecule has 38 heavy (non-hydrogen) atoms. The molecule has 0 aromatic heterocycles. The summed E-state index contributed by atoms with van der Waals surface area (Å²) in [5.41, 5.74) is 5.70. The fraction of sp³-hybridized carbons (Fsp3) is 0. The third kappa shape index (κ3) is 3.80. The lowest BCUT2D eigenvalue weighted by Gasteiger charge is -2.27. The summed E-state index contributed by atoms with van der Waals surface area (Å²) in [5, 5.41) is 7.98. The fourth-order valence-corrected chi connectivity index (χ4v) is 5.80. The fourth-order valence-electron chi connectivity index (χ4n) is 5.56. The Balaban J connectivity index is 1.46. The Morgan fingerprint density at radius 3 is 2.03 bits per heavy atom. The SMILES string of the molecule is Clc1cccc2c(-c3cccc(N(c4ccccc4)c4cccc5c4ccc4ccccc45)c3)cccc12.